The Labute approximate surface area is 101 Å². The molecular formula is C11H13ClO3S. The summed E-state index contributed by atoms with van der Waals surface area (Å²) in [6.07, 6.45) is 1.16. The minimum atomic E-state index is -3.20. The van der Waals surface area contributed by atoms with Crippen molar-refractivity contribution in [1.82, 2.24) is 0 Å². The number of sulfone groups is 1. The van der Waals surface area contributed by atoms with E-state index in [9.17, 15) is 8.42 Å². The molecule has 0 fully saturated rings. The standard InChI is InChI=1S/C11H13ClO3S/c1-9(7-12)8-15-10-4-3-5-11(6-10)16(2,13)14/h3-6H,1,7-8H2,2H3. The van der Waals surface area contributed by atoms with Crippen LogP contribution >= 0.6 is 11.6 Å². The van der Waals surface area contributed by atoms with Gasteiger partial charge >= 0.3 is 0 Å². The maximum atomic E-state index is 11.3. The molecule has 0 aromatic heterocycles. The van der Waals surface area contributed by atoms with Gasteiger partial charge in [-0.2, -0.15) is 0 Å². The Hall–Kier alpha value is -1.00. The highest BCUT2D eigenvalue weighted by Crippen LogP contribution is 2.17. The average molecular weight is 261 g/mol. The largest absolute Gasteiger partial charge is 0.489 e. The molecule has 0 aliphatic heterocycles. The van der Waals surface area contributed by atoms with Gasteiger partial charge in [0.1, 0.15) is 12.4 Å². The van der Waals surface area contributed by atoms with Crippen LogP contribution in [0.3, 0.4) is 0 Å². The van der Waals surface area contributed by atoms with E-state index in [4.69, 9.17) is 16.3 Å². The third-order valence-electron chi connectivity index (χ3n) is 1.87. The number of benzene rings is 1. The first-order valence-electron chi connectivity index (χ1n) is 4.59. The predicted octanol–water partition coefficient (Wildman–Crippen LogP) is 2.26. The van der Waals surface area contributed by atoms with Gasteiger partial charge in [0, 0.05) is 12.1 Å². The zero-order valence-corrected chi connectivity index (χ0v) is 10.5. The smallest absolute Gasteiger partial charge is 0.175 e. The van der Waals surface area contributed by atoms with E-state index in [-0.39, 0.29) is 11.5 Å². The lowest BCUT2D eigenvalue weighted by molar-refractivity contribution is 0.352. The minimum absolute atomic E-state index is 0.237. The van der Waals surface area contributed by atoms with Crippen LogP contribution in [0.4, 0.5) is 0 Å². The van der Waals surface area contributed by atoms with Crippen molar-refractivity contribution in [2.24, 2.45) is 0 Å². The molecule has 0 aliphatic rings. The van der Waals surface area contributed by atoms with Gasteiger partial charge in [0.25, 0.3) is 0 Å². The first-order valence-corrected chi connectivity index (χ1v) is 7.01. The van der Waals surface area contributed by atoms with E-state index in [0.717, 1.165) is 11.8 Å². The zero-order chi connectivity index (χ0) is 12.2. The molecule has 16 heavy (non-hydrogen) atoms. The Kier molecular flexibility index (Phi) is 4.38. The first kappa shape index (κ1) is 13.1. The number of rotatable bonds is 5. The van der Waals surface area contributed by atoms with Crippen molar-refractivity contribution in [2.75, 3.05) is 18.7 Å². The Morgan fingerprint density at radius 3 is 2.75 bits per heavy atom. The summed E-state index contributed by atoms with van der Waals surface area (Å²) in [4.78, 5) is 0.237. The van der Waals surface area contributed by atoms with Crippen LogP contribution in [-0.4, -0.2) is 27.2 Å². The van der Waals surface area contributed by atoms with Crippen molar-refractivity contribution in [3.63, 3.8) is 0 Å². The quantitative estimate of drug-likeness (QED) is 0.603. The van der Waals surface area contributed by atoms with Gasteiger partial charge < -0.3 is 4.74 Å². The fourth-order valence-electron chi connectivity index (χ4n) is 1.02. The van der Waals surface area contributed by atoms with Crippen LogP contribution in [0.1, 0.15) is 0 Å². The van der Waals surface area contributed by atoms with Crippen molar-refractivity contribution in [3.05, 3.63) is 36.4 Å². The third-order valence-corrected chi connectivity index (χ3v) is 3.35. The molecule has 88 valence electrons. The van der Waals surface area contributed by atoms with Gasteiger partial charge in [0.2, 0.25) is 0 Å². The lowest BCUT2D eigenvalue weighted by Gasteiger charge is -2.07. The summed E-state index contributed by atoms with van der Waals surface area (Å²) in [5.41, 5.74) is 0.742. The van der Waals surface area contributed by atoms with E-state index in [1.165, 1.54) is 12.1 Å². The molecule has 0 heterocycles. The molecule has 0 aliphatic carbocycles. The minimum Gasteiger partial charge on any atom is -0.489 e. The van der Waals surface area contributed by atoms with Crippen molar-refractivity contribution in [2.45, 2.75) is 4.90 Å². The van der Waals surface area contributed by atoms with E-state index >= 15 is 0 Å². The average Bonchev–Trinajstić information content (AvgIpc) is 2.25. The molecular weight excluding hydrogens is 248 g/mol. The van der Waals surface area contributed by atoms with E-state index in [0.29, 0.717) is 11.6 Å². The molecule has 0 amide bonds. The highest BCUT2D eigenvalue weighted by molar-refractivity contribution is 7.90. The summed E-state index contributed by atoms with van der Waals surface area (Å²) in [5.74, 6) is 0.820. The van der Waals surface area contributed by atoms with Crippen molar-refractivity contribution in [1.29, 1.82) is 0 Å². The molecule has 0 bridgehead atoms. The first-order chi connectivity index (χ1) is 7.43. The van der Waals surface area contributed by atoms with Crippen LogP contribution in [0.15, 0.2) is 41.3 Å². The maximum absolute atomic E-state index is 11.3. The molecule has 1 aromatic rings. The fourth-order valence-corrected chi connectivity index (χ4v) is 1.75. The second-order valence-electron chi connectivity index (χ2n) is 3.42. The van der Waals surface area contributed by atoms with Crippen molar-refractivity contribution < 1.29 is 13.2 Å². The third kappa shape index (κ3) is 3.87. The normalized spacial score (nSPS) is 11.1. The van der Waals surface area contributed by atoms with Gasteiger partial charge in [-0.15, -0.1) is 11.6 Å². The molecule has 0 radical (unpaired) electrons. The van der Waals surface area contributed by atoms with Gasteiger partial charge in [0.05, 0.1) is 4.90 Å². The summed E-state index contributed by atoms with van der Waals surface area (Å²) in [7, 11) is -3.20. The molecule has 1 aromatic carbocycles. The highest BCUT2D eigenvalue weighted by Gasteiger charge is 2.07. The van der Waals surface area contributed by atoms with Gasteiger partial charge in [0.15, 0.2) is 9.84 Å². The molecule has 5 heteroatoms. The molecule has 0 N–H and O–H groups in total. The maximum Gasteiger partial charge on any atom is 0.175 e. The van der Waals surface area contributed by atoms with E-state index in [1.807, 2.05) is 0 Å². The molecule has 0 unspecified atom stereocenters. The number of hydrogen-bond acceptors (Lipinski definition) is 3. The van der Waals surface area contributed by atoms with Crippen LogP contribution in [0, 0.1) is 0 Å². The monoisotopic (exact) mass is 260 g/mol. The van der Waals surface area contributed by atoms with Crippen LogP contribution in [0.5, 0.6) is 5.75 Å². The van der Waals surface area contributed by atoms with E-state index in [2.05, 4.69) is 6.58 Å². The topological polar surface area (TPSA) is 43.4 Å². The number of ether oxygens (including phenoxy) is 1. The Balaban J connectivity index is 2.80. The predicted molar refractivity (Wildman–Crippen MR) is 64.9 cm³/mol. The van der Waals surface area contributed by atoms with Crippen molar-refractivity contribution >= 4 is 21.4 Å². The molecule has 0 saturated heterocycles. The Morgan fingerprint density at radius 2 is 2.19 bits per heavy atom. The lowest BCUT2D eigenvalue weighted by atomic mass is 10.3. The fraction of sp³-hybridized carbons (Fsp3) is 0.273. The summed E-state index contributed by atoms with van der Waals surface area (Å²) in [5, 5.41) is 0. The Bertz CT molecular complexity index is 480. The van der Waals surface area contributed by atoms with Gasteiger partial charge in [-0.05, 0) is 23.8 Å². The zero-order valence-electron chi connectivity index (χ0n) is 8.94. The summed E-state index contributed by atoms with van der Waals surface area (Å²) in [6, 6.07) is 6.33. The number of halogens is 1. The SMILES string of the molecule is C=C(CCl)COc1cccc(S(C)(=O)=O)c1. The second-order valence-corrected chi connectivity index (χ2v) is 5.70. The number of hydrogen-bond donors (Lipinski definition) is 0. The lowest BCUT2D eigenvalue weighted by Crippen LogP contribution is -2.02. The Morgan fingerprint density at radius 1 is 1.50 bits per heavy atom. The second kappa shape index (κ2) is 5.37. The summed E-state index contributed by atoms with van der Waals surface area (Å²) in [6.45, 7) is 3.97. The molecule has 0 spiro atoms. The van der Waals surface area contributed by atoms with Gasteiger partial charge in [-0.25, -0.2) is 8.42 Å². The highest BCUT2D eigenvalue weighted by atomic mass is 35.5. The van der Waals surface area contributed by atoms with Gasteiger partial charge in [-0.3, -0.25) is 0 Å². The summed E-state index contributed by atoms with van der Waals surface area (Å²) >= 11 is 5.55. The molecule has 1 rings (SSSR count). The van der Waals surface area contributed by atoms with Crippen LogP contribution in [0.2, 0.25) is 0 Å². The van der Waals surface area contributed by atoms with Crippen LogP contribution < -0.4 is 4.74 Å². The number of alkyl halides is 1. The van der Waals surface area contributed by atoms with Gasteiger partial charge in [-0.1, -0.05) is 12.6 Å². The van der Waals surface area contributed by atoms with Crippen LogP contribution in [-0.2, 0) is 9.84 Å². The molecule has 0 saturated carbocycles. The van der Waals surface area contributed by atoms with E-state index in [1.54, 1.807) is 12.1 Å². The van der Waals surface area contributed by atoms with Crippen LogP contribution in [0.25, 0.3) is 0 Å². The van der Waals surface area contributed by atoms with E-state index < -0.39 is 9.84 Å². The molecule has 3 nitrogen and oxygen atoms in total. The van der Waals surface area contributed by atoms with Crippen molar-refractivity contribution in [3.8, 4) is 5.75 Å². The summed E-state index contributed by atoms with van der Waals surface area (Å²) < 4.78 is 27.9. The molecule has 0 atom stereocenters.